The molecule has 0 saturated carbocycles. The van der Waals surface area contributed by atoms with Gasteiger partial charge in [-0.15, -0.1) is 0 Å². The van der Waals surface area contributed by atoms with E-state index in [1.807, 2.05) is 0 Å². The molecule has 0 aliphatic rings. The Kier molecular flexibility index (Phi) is 8.17. The van der Waals surface area contributed by atoms with Gasteiger partial charge in [0.2, 0.25) is 0 Å². The van der Waals surface area contributed by atoms with E-state index in [0.29, 0.717) is 36.5 Å². The molecule has 0 aliphatic heterocycles. The number of benzene rings is 1. The Morgan fingerprint density at radius 2 is 1.58 bits per heavy atom. The lowest BCUT2D eigenvalue weighted by atomic mass is 10.1. The fourth-order valence-corrected chi connectivity index (χ4v) is 1.85. The van der Waals surface area contributed by atoms with Gasteiger partial charge in [0.15, 0.2) is 0 Å². The number of nitrogens with zero attached hydrogens (tertiary/aromatic N) is 2. The molecule has 0 saturated heterocycles. The number of rotatable bonds is 9. The van der Waals surface area contributed by atoms with Crippen molar-refractivity contribution < 1.29 is 28.7 Å². The predicted octanol–water partition coefficient (Wildman–Crippen LogP) is 1.37. The minimum atomic E-state index is -0.377. The highest BCUT2D eigenvalue weighted by atomic mass is 16.7. The van der Waals surface area contributed by atoms with Crippen LogP contribution >= 0.6 is 0 Å². The molecule has 0 aliphatic carbocycles. The summed E-state index contributed by atoms with van der Waals surface area (Å²) < 4.78 is 10.6. The smallest absolute Gasteiger partial charge is 0.280 e. The molecule has 2 amide bonds. The van der Waals surface area contributed by atoms with Gasteiger partial charge in [-0.2, -0.15) is 0 Å². The summed E-state index contributed by atoms with van der Waals surface area (Å²) in [5.74, 6) is -0.424. The van der Waals surface area contributed by atoms with Crippen molar-refractivity contribution in [2.24, 2.45) is 0 Å². The normalized spacial score (nSPS) is 10.4. The van der Waals surface area contributed by atoms with Crippen LogP contribution in [0.25, 0.3) is 0 Å². The summed E-state index contributed by atoms with van der Waals surface area (Å²) in [5.41, 5.74) is 0.645. The summed E-state index contributed by atoms with van der Waals surface area (Å²) in [6.07, 6.45) is 0.653. The van der Waals surface area contributed by atoms with Crippen LogP contribution in [-0.4, -0.2) is 70.6 Å². The maximum absolute atomic E-state index is 12.3. The van der Waals surface area contributed by atoms with Gasteiger partial charge in [-0.1, -0.05) is 0 Å². The van der Waals surface area contributed by atoms with E-state index < -0.39 is 0 Å². The molecule has 0 heterocycles. The van der Waals surface area contributed by atoms with Crippen molar-refractivity contribution in [1.29, 1.82) is 0 Å². The van der Waals surface area contributed by atoms with Gasteiger partial charge in [0.1, 0.15) is 5.75 Å². The van der Waals surface area contributed by atoms with Crippen LogP contribution in [0.2, 0.25) is 0 Å². The molecule has 1 aromatic carbocycles. The van der Waals surface area contributed by atoms with Gasteiger partial charge < -0.3 is 9.47 Å². The number of carbonyl (C=O) groups is 2. The van der Waals surface area contributed by atoms with Gasteiger partial charge in [-0.3, -0.25) is 19.3 Å². The van der Waals surface area contributed by atoms with Gasteiger partial charge in [0.25, 0.3) is 11.8 Å². The number of hydrogen-bond donors (Lipinski definition) is 0. The van der Waals surface area contributed by atoms with Crippen LogP contribution in [0.1, 0.15) is 27.1 Å². The van der Waals surface area contributed by atoms with Gasteiger partial charge in [-0.05, 0) is 18.2 Å². The third-order valence-corrected chi connectivity index (χ3v) is 3.33. The second-order valence-corrected chi connectivity index (χ2v) is 4.88. The first-order valence-corrected chi connectivity index (χ1v) is 7.36. The van der Waals surface area contributed by atoms with Gasteiger partial charge in [-0.25, -0.2) is 10.1 Å². The first-order chi connectivity index (χ1) is 11.5. The molecule has 1 aromatic rings. The summed E-state index contributed by atoms with van der Waals surface area (Å²) in [6, 6.07) is 4.58. The molecule has 0 spiro atoms. The summed E-state index contributed by atoms with van der Waals surface area (Å²) in [4.78, 5) is 34.3. The molecule has 0 aromatic heterocycles. The van der Waals surface area contributed by atoms with Crippen LogP contribution in [0.4, 0.5) is 0 Å². The summed E-state index contributed by atoms with van der Waals surface area (Å²) >= 11 is 0. The zero-order chi connectivity index (χ0) is 18.1. The molecule has 0 radical (unpaired) electrons. The van der Waals surface area contributed by atoms with E-state index >= 15 is 0 Å². The van der Waals surface area contributed by atoms with Crippen molar-refractivity contribution >= 4 is 11.8 Å². The fourth-order valence-electron chi connectivity index (χ4n) is 1.85. The fraction of sp³-hybridized carbons (Fsp3) is 0.500. The molecule has 0 fully saturated rings. The molecule has 1 rings (SSSR count). The molecular weight excluding hydrogens is 316 g/mol. The topological polar surface area (TPSA) is 77.5 Å². The Bertz CT molecular complexity index is 563. The summed E-state index contributed by atoms with van der Waals surface area (Å²) in [6.45, 7) is 0.884. The van der Waals surface area contributed by atoms with E-state index in [2.05, 4.69) is 0 Å². The molecular formula is C16H24N2O6. The number of methoxy groups -OCH3 is 1. The first kappa shape index (κ1) is 19.9. The average molecular weight is 340 g/mol. The molecule has 134 valence electrons. The third kappa shape index (κ3) is 5.19. The molecule has 0 bridgehead atoms. The van der Waals surface area contributed by atoms with Crippen molar-refractivity contribution in [1.82, 2.24) is 10.1 Å². The van der Waals surface area contributed by atoms with E-state index in [1.54, 1.807) is 7.11 Å². The van der Waals surface area contributed by atoms with Crippen LogP contribution < -0.4 is 4.74 Å². The number of ether oxygens (including phenoxy) is 2. The standard InChI is InChI=1S/C16H24N2O6/c1-17(22-4)15(19)12-7-8-13(16(20)18(2)23-5)14(11-12)24-10-6-9-21-3/h7-8,11H,6,9-10H2,1-5H3. The van der Waals surface area contributed by atoms with Crippen molar-refractivity contribution in [3.63, 3.8) is 0 Å². The Morgan fingerprint density at radius 3 is 2.17 bits per heavy atom. The third-order valence-electron chi connectivity index (χ3n) is 3.33. The Labute approximate surface area is 141 Å². The van der Waals surface area contributed by atoms with E-state index in [-0.39, 0.29) is 11.8 Å². The van der Waals surface area contributed by atoms with Crippen molar-refractivity contribution in [3.05, 3.63) is 29.3 Å². The minimum Gasteiger partial charge on any atom is -0.493 e. The average Bonchev–Trinajstić information content (AvgIpc) is 2.62. The lowest BCUT2D eigenvalue weighted by molar-refractivity contribution is -0.0761. The van der Waals surface area contributed by atoms with E-state index in [9.17, 15) is 9.59 Å². The van der Waals surface area contributed by atoms with Crippen LogP contribution in [0.5, 0.6) is 5.75 Å². The first-order valence-electron chi connectivity index (χ1n) is 7.36. The SMILES string of the molecule is COCCCOc1cc(C(=O)N(C)OC)ccc1C(=O)N(C)OC. The van der Waals surface area contributed by atoms with Crippen molar-refractivity contribution in [2.75, 3.05) is 48.6 Å². The van der Waals surface area contributed by atoms with E-state index in [0.717, 1.165) is 10.1 Å². The second kappa shape index (κ2) is 9.86. The lowest BCUT2D eigenvalue weighted by Crippen LogP contribution is -2.27. The molecule has 8 nitrogen and oxygen atoms in total. The summed E-state index contributed by atoms with van der Waals surface area (Å²) in [5, 5.41) is 2.17. The molecule has 24 heavy (non-hydrogen) atoms. The van der Waals surface area contributed by atoms with E-state index in [4.69, 9.17) is 19.1 Å². The highest BCUT2D eigenvalue weighted by molar-refractivity contribution is 5.99. The predicted molar refractivity (Wildman–Crippen MR) is 86.6 cm³/mol. The van der Waals surface area contributed by atoms with Crippen molar-refractivity contribution in [3.8, 4) is 5.75 Å². The number of amides is 2. The number of hydroxylamine groups is 4. The molecule has 0 N–H and O–H groups in total. The highest BCUT2D eigenvalue weighted by Gasteiger charge is 2.20. The Hall–Kier alpha value is -2.16. The zero-order valence-electron chi connectivity index (χ0n) is 14.7. The van der Waals surface area contributed by atoms with Gasteiger partial charge >= 0.3 is 0 Å². The summed E-state index contributed by atoms with van der Waals surface area (Å²) in [7, 11) is 7.38. The lowest BCUT2D eigenvalue weighted by Gasteiger charge is -2.18. The second-order valence-electron chi connectivity index (χ2n) is 4.88. The largest absolute Gasteiger partial charge is 0.493 e. The van der Waals surface area contributed by atoms with Crippen LogP contribution in [0.15, 0.2) is 18.2 Å². The Morgan fingerprint density at radius 1 is 0.958 bits per heavy atom. The monoisotopic (exact) mass is 340 g/mol. The van der Waals surface area contributed by atoms with Crippen LogP contribution in [-0.2, 0) is 14.4 Å². The zero-order valence-corrected chi connectivity index (χ0v) is 14.7. The van der Waals surface area contributed by atoms with Gasteiger partial charge in [0.05, 0.1) is 26.4 Å². The minimum absolute atomic E-state index is 0.299. The quantitative estimate of drug-likeness (QED) is 0.499. The van der Waals surface area contributed by atoms with Gasteiger partial charge in [0, 0.05) is 39.8 Å². The van der Waals surface area contributed by atoms with Crippen LogP contribution in [0.3, 0.4) is 0 Å². The molecule has 8 heteroatoms. The molecule has 0 atom stereocenters. The maximum atomic E-state index is 12.3. The Balaban J connectivity index is 3.09. The van der Waals surface area contributed by atoms with E-state index in [1.165, 1.54) is 46.5 Å². The maximum Gasteiger partial charge on any atom is 0.280 e. The molecule has 0 unspecified atom stereocenters. The van der Waals surface area contributed by atoms with Crippen LogP contribution in [0, 0.1) is 0 Å². The van der Waals surface area contributed by atoms with Crippen molar-refractivity contribution in [2.45, 2.75) is 6.42 Å². The number of hydrogen-bond acceptors (Lipinski definition) is 6. The highest BCUT2D eigenvalue weighted by Crippen LogP contribution is 2.23. The number of carbonyl (C=O) groups excluding carboxylic acids is 2.